The van der Waals surface area contributed by atoms with E-state index in [1.165, 1.54) is 10.4 Å². The second kappa shape index (κ2) is 16.8. The molecule has 0 aliphatic carbocycles. The van der Waals surface area contributed by atoms with Gasteiger partial charge in [-0.15, -0.1) is 0 Å². The second-order valence-electron chi connectivity index (χ2n) is 12.3. The lowest BCUT2D eigenvalue weighted by atomic mass is 9.99. The Morgan fingerprint density at radius 1 is 1.02 bits per heavy atom. The molecule has 0 radical (unpaired) electrons. The highest BCUT2D eigenvalue weighted by atomic mass is 32.2. The molecule has 0 saturated carbocycles. The highest BCUT2D eigenvalue weighted by molar-refractivity contribution is 7.92. The number of carbonyl (C=O) groups excluding carboxylic acids is 1. The van der Waals surface area contributed by atoms with E-state index in [2.05, 4.69) is 15.8 Å². The molecule has 10 nitrogen and oxygen atoms in total. The number of methoxy groups -OCH3 is 1. The molecule has 2 atom stereocenters. The Morgan fingerprint density at radius 2 is 1.75 bits per heavy atom. The number of hydrogen-bond acceptors (Lipinski definition) is 8. The molecule has 0 aromatic heterocycles. The third-order valence-electron chi connectivity index (χ3n) is 7.82. The number of hydrogen-bond donors (Lipinski definition) is 3. The van der Waals surface area contributed by atoms with Crippen LogP contribution in [0.5, 0.6) is 5.75 Å². The fraction of sp³-hybridized carbons (Fsp3) is 0.429. The van der Waals surface area contributed by atoms with Crippen molar-refractivity contribution in [1.29, 1.82) is 0 Å². The van der Waals surface area contributed by atoms with Crippen LogP contribution in [0.3, 0.4) is 0 Å². The van der Waals surface area contributed by atoms with Crippen molar-refractivity contribution in [3.63, 3.8) is 0 Å². The summed E-state index contributed by atoms with van der Waals surface area (Å²) in [5.74, 6) is -1.28. The van der Waals surface area contributed by atoms with E-state index in [1.54, 1.807) is 26.2 Å². The number of sulfonamides is 1. The Bertz CT molecular complexity index is 1680. The highest BCUT2D eigenvalue weighted by Crippen LogP contribution is 2.27. The van der Waals surface area contributed by atoms with Crippen molar-refractivity contribution in [3.8, 4) is 5.75 Å². The van der Waals surface area contributed by atoms with Gasteiger partial charge in [-0.1, -0.05) is 31.1 Å². The van der Waals surface area contributed by atoms with Crippen LogP contribution < -0.4 is 19.7 Å². The van der Waals surface area contributed by atoms with Crippen LogP contribution in [-0.2, 0) is 27.8 Å². The smallest absolute Gasteiger partial charge is 0.251 e. The predicted octanol–water partition coefficient (Wildman–Crippen LogP) is 4.79. The van der Waals surface area contributed by atoms with Gasteiger partial charge in [0.2, 0.25) is 10.0 Å². The fourth-order valence-corrected chi connectivity index (χ4v) is 6.94. The molecule has 3 aromatic carbocycles. The van der Waals surface area contributed by atoms with E-state index in [-0.39, 0.29) is 42.3 Å². The van der Waals surface area contributed by atoms with E-state index in [4.69, 9.17) is 9.57 Å². The number of rotatable bonds is 15. The maximum atomic E-state index is 14.1. The SMILES string of the molecule is COc1cccc(CNC[C@@H](O)[C@H](Cc2cc(F)cc(F)c2)NC(=O)c2cc(C(C)=NOCC(C)C)cc(N3CCCCS3(=O)=O)c2)c1. The second-order valence-corrected chi connectivity index (χ2v) is 14.4. The summed E-state index contributed by atoms with van der Waals surface area (Å²) in [7, 11) is -2.04. The highest BCUT2D eigenvalue weighted by Gasteiger charge is 2.28. The van der Waals surface area contributed by atoms with Crippen LogP contribution in [0.2, 0.25) is 0 Å². The van der Waals surface area contributed by atoms with E-state index in [0.29, 0.717) is 48.7 Å². The number of anilines is 1. The van der Waals surface area contributed by atoms with Crippen LogP contribution >= 0.6 is 0 Å². The Hall–Kier alpha value is -4.07. The molecular weight excluding hydrogens is 642 g/mol. The van der Waals surface area contributed by atoms with Crippen LogP contribution in [0.15, 0.2) is 65.8 Å². The number of carbonyl (C=O) groups is 1. The first-order valence-electron chi connectivity index (χ1n) is 15.9. The number of nitrogens with zero attached hydrogens (tertiary/aromatic N) is 2. The van der Waals surface area contributed by atoms with E-state index in [9.17, 15) is 27.1 Å². The van der Waals surface area contributed by atoms with E-state index in [1.807, 2.05) is 38.1 Å². The maximum absolute atomic E-state index is 14.1. The zero-order valence-corrected chi connectivity index (χ0v) is 28.5. The molecule has 3 N–H and O–H groups in total. The van der Waals surface area contributed by atoms with Crippen molar-refractivity contribution in [2.45, 2.75) is 58.7 Å². The molecule has 0 bridgehead atoms. The number of nitrogens with one attached hydrogen (secondary N) is 2. The molecule has 1 saturated heterocycles. The molecular formula is C35H44F2N4O6S. The van der Waals surface area contributed by atoms with Crippen molar-refractivity contribution in [2.24, 2.45) is 11.1 Å². The monoisotopic (exact) mass is 686 g/mol. The summed E-state index contributed by atoms with van der Waals surface area (Å²) in [6.07, 6.45) is -0.0548. The van der Waals surface area contributed by atoms with Crippen LogP contribution in [0.1, 0.15) is 60.7 Å². The van der Waals surface area contributed by atoms with Crippen molar-refractivity contribution in [1.82, 2.24) is 10.6 Å². The zero-order valence-electron chi connectivity index (χ0n) is 27.7. The van der Waals surface area contributed by atoms with E-state index >= 15 is 0 Å². The van der Waals surface area contributed by atoms with Gasteiger partial charge in [-0.2, -0.15) is 0 Å². The van der Waals surface area contributed by atoms with Gasteiger partial charge in [-0.25, -0.2) is 17.2 Å². The minimum atomic E-state index is -3.61. The van der Waals surface area contributed by atoms with Crippen molar-refractivity contribution in [2.75, 3.05) is 36.9 Å². The Morgan fingerprint density at radius 3 is 2.44 bits per heavy atom. The molecule has 0 unspecified atom stereocenters. The lowest BCUT2D eigenvalue weighted by Crippen LogP contribution is -2.48. The quantitative estimate of drug-likeness (QED) is 0.155. The molecule has 260 valence electrons. The van der Waals surface area contributed by atoms with Gasteiger partial charge in [0.1, 0.15) is 24.0 Å². The standard InChI is InChI=1S/C35H44F2N4O6S/c1-23(2)22-47-40-24(3)27-16-28(18-31(17-27)41-10-5-6-11-48(41,44)45)35(43)39-33(15-26-12-29(36)19-30(37)13-26)34(42)21-38-20-25-8-7-9-32(14-25)46-4/h7-9,12-14,16-19,23,33-34,38,42H,5-6,10-11,15,20-22H2,1-4H3,(H,39,43)/t33-,34+/m0/s1. The van der Waals surface area contributed by atoms with Gasteiger partial charge < -0.3 is 25.3 Å². The normalized spacial score (nSPS) is 16.0. The lowest BCUT2D eigenvalue weighted by molar-refractivity contribution is 0.0829. The van der Waals surface area contributed by atoms with Gasteiger partial charge in [-0.3, -0.25) is 9.10 Å². The maximum Gasteiger partial charge on any atom is 0.251 e. The number of oxime groups is 1. The molecule has 1 amide bonds. The molecule has 48 heavy (non-hydrogen) atoms. The number of benzene rings is 3. The molecule has 1 heterocycles. The van der Waals surface area contributed by atoms with Crippen molar-refractivity contribution >= 4 is 27.3 Å². The largest absolute Gasteiger partial charge is 0.497 e. The molecule has 1 aliphatic rings. The van der Waals surface area contributed by atoms with Crippen molar-refractivity contribution < 1.29 is 36.7 Å². The van der Waals surface area contributed by atoms with Gasteiger partial charge in [-0.05, 0) is 85.7 Å². The van der Waals surface area contributed by atoms with Gasteiger partial charge in [0.15, 0.2) is 0 Å². The van der Waals surface area contributed by atoms with Crippen LogP contribution in [0.25, 0.3) is 0 Å². The summed E-state index contributed by atoms with van der Waals surface area (Å²) in [5.41, 5.74) is 2.49. The van der Waals surface area contributed by atoms with Gasteiger partial charge in [0.05, 0.1) is 36.4 Å². The van der Waals surface area contributed by atoms with Crippen LogP contribution in [0.4, 0.5) is 14.5 Å². The molecule has 3 aromatic rings. The summed E-state index contributed by atoms with van der Waals surface area (Å²) in [6, 6.07) is 14.2. The summed E-state index contributed by atoms with van der Waals surface area (Å²) < 4.78 is 60.8. The number of halogens is 2. The number of aliphatic hydroxyl groups excluding tert-OH is 1. The number of amides is 1. The summed E-state index contributed by atoms with van der Waals surface area (Å²) in [6.45, 7) is 6.71. The molecule has 4 rings (SSSR count). The predicted molar refractivity (Wildman–Crippen MR) is 182 cm³/mol. The van der Waals surface area contributed by atoms with Gasteiger partial charge in [0, 0.05) is 36.8 Å². The minimum absolute atomic E-state index is 0.00937. The first kappa shape index (κ1) is 36.8. The zero-order chi connectivity index (χ0) is 34.8. The Labute approximate surface area is 281 Å². The first-order valence-corrected chi connectivity index (χ1v) is 17.6. The third kappa shape index (κ3) is 10.5. The number of aliphatic hydroxyl groups is 1. The number of ether oxygens (including phenoxy) is 1. The summed E-state index contributed by atoms with van der Waals surface area (Å²) >= 11 is 0. The van der Waals surface area contributed by atoms with E-state index in [0.717, 1.165) is 23.8 Å². The van der Waals surface area contributed by atoms with Crippen LogP contribution in [0, 0.1) is 17.6 Å². The Balaban J connectivity index is 1.62. The molecule has 0 spiro atoms. The van der Waals surface area contributed by atoms with Crippen molar-refractivity contribution in [3.05, 3.63) is 94.6 Å². The van der Waals surface area contributed by atoms with Gasteiger partial charge in [0.25, 0.3) is 5.91 Å². The molecule has 13 heteroatoms. The van der Waals surface area contributed by atoms with Crippen LogP contribution in [-0.4, -0.2) is 69.8 Å². The summed E-state index contributed by atoms with van der Waals surface area (Å²) in [4.78, 5) is 19.3. The van der Waals surface area contributed by atoms with Gasteiger partial charge >= 0.3 is 0 Å². The lowest BCUT2D eigenvalue weighted by Gasteiger charge is -2.29. The summed E-state index contributed by atoms with van der Waals surface area (Å²) in [5, 5.41) is 21.5. The molecule has 1 fully saturated rings. The average Bonchev–Trinajstić information content (AvgIpc) is 3.03. The fourth-order valence-electron chi connectivity index (χ4n) is 5.32. The Kier molecular flexibility index (Phi) is 12.9. The first-order chi connectivity index (χ1) is 22.8. The topological polar surface area (TPSA) is 130 Å². The average molecular weight is 687 g/mol. The third-order valence-corrected chi connectivity index (χ3v) is 9.69. The molecule has 1 aliphatic heterocycles. The van der Waals surface area contributed by atoms with E-state index < -0.39 is 39.7 Å². The minimum Gasteiger partial charge on any atom is -0.497 e.